The highest BCUT2D eigenvalue weighted by molar-refractivity contribution is 6.43. The van der Waals surface area contributed by atoms with Crippen molar-refractivity contribution in [3.63, 3.8) is 0 Å². The summed E-state index contributed by atoms with van der Waals surface area (Å²) in [4.78, 5) is 35.8. The van der Waals surface area contributed by atoms with Crippen molar-refractivity contribution in [2.75, 3.05) is 11.9 Å². The Morgan fingerprint density at radius 1 is 0.958 bits per heavy atom. The summed E-state index contributed by atoms with van der Waals surface area (Å²) in [6.07, 6.45) is 0.786. The normalized spacial score (nSPS) is 10.1. The molecule has 24 heavy (non-hydrogen) atoms. The number of ketones is 1. The number of amides is 2. The van der Waals surface area contributed by atoms with Crippen molar-refractivity contribution < 1.29 is 14.4 Å². The fourth-order valence-corrected chi connectivity index (χ4v) is 2.22. The van der Waals surface area contributed by atoms with Gasteiger partial charge in [-0.3, -0.25) is 14.4 Å². The highest BCUT2D eigenvalue weighted by Gasteiger charge is 2.16. The minimum Gasteiger partial charge on any atom is -0.340 e. The lowest BCUT2D eigenvalue weighted by molar-refractivity contribution is -0.121. The van der Waals surface area contributed by atoms with Crippen LogP contribution >= 0.6 is 0 Å². The van der Waals surface area contributed by atoms with Gasteiger partial charge in [0.15, 0.2) is 0 Å². The Hall–Kier alpha value is -2.95. The number of para-hydroxylation sites is 1. The number of benzene rings is 2. The molecule has 0 radical (unpaired) electrons. The minimum atomic E-state index is -0.794. The Morgan fingerprint density at radius 2 is 1.62 bits per heavy atom. The Labute approximate surface area is 141 Å². The van der Waals surface area contributed by atoms with Gasteiger partial charge in [0, 0.05) is 11.3 Å². The van der Waals surface area contributed by atoms with Gasteiger partial charge in [0.1, 0.15) is 0 Å². The van der Waals surface area contributed by atoms with Crippen molar-refractivity contribution >= 4 is 23.3 Å². The Morgan fingerprint density at radius 3 is 2.29 bits per heavy atom. The maximum absolute atomic E-state index is 12.0. The van der Waals surface area contributed by atoms with Crippen LogP contribution in [0, 0.1) is 6.92 Å². The second-order valence-corrected chi connectivity index (χ2v) is 5.44. The molecule has 0 aromatic heterocycles. The largest absolute Gasteiger partial charge is 0.340 e. The standard InChI is InChI=1S/C19H20N2O3/c1-3-14-6-4-5-7-16(14)21-17(22)12-20-19(24)18(23)15-10-8-13(2)9-11-15/h4-11H,3,12H2,1-2H3,(H,20,24)(H,21,22). The topological polar surface area (TPSA) is 75.3 Å². The average molecular weight is 324 g/mol. The quantitative estimate of drug-likeness (QED) is 0.633. The van der Waals surface area contributed by atoms with Crippen LogP contribution in [-0.2, 0) is 16.0 Å². The van der Waals surface area contributed by atoms with Gasteiger partial charge in [-0.05, 0) is 25.0 Å². The predicted octanol–water partition coefficient (Wildman–Crippen LogP) is 2.50. The van der Waals surface area contributed by atoms with E-state index in [1.54, 1.807) is 30.3 Å². The number of nitrogens with one attached hydrogen (secondary N) is 2. The maximum atomic E-state index is 12.0. The third-order valence-electron chi connectivity index (χ3n) is 3.60. The molecule has 0 bridgehead atoms. The van der Waals surface area contributed by atoms with Crippen LogP contribution in [0.3, 0.4) is 0 Å². The summed E-state index contributed by atoms with van der Waals surface area (Å²) in [5.74, 6) is -1.82. The zero-order chi connectivity index (χ0) is 17.5. The molecule has 0 aliphatic heterocycles. The minimum absolute atomic E-state index is 0.255. The molecule has 0 atom stereocenters. The van der Waals surface area contributed by atoms with Gasteiger partial charge >= 0.3 is 0 Å². The van der Waals surface area contributed by atoms with Gasteiger partial charge < -0.3 is 10.6 Å². The molecule has 0 unspecified atom stereocenters. The molecular weight excluding hydrogens is 304 g/mol. The molecule has 0 saturated heterocycles. The summed E-state index contributed by atoms with van der Waals surface area (Å²) >= 11 is 0. The summed E-state index contributed by atoms with van der Waals surface area (Å²) in [7, 11) is 0. The molecule has 124 valence electrons. The lowest BCUT2D eigenvalue weighted by atomic mass is 10.1. The van der Waals surface area contributed by atoms with E-state index in [4.69, 9.17) is 0 Å². The molecule has 2 aromatic carbocycles. The van der Waals surface area contributed by atoms with Crippen LogP contribution in [0.5, 0.6) is 0 Å². The zero-order valence-corrected chi connectivity index (χ0v) is 13.8. The Bertz CT molecular complexity index is 751. The van der Waals surface area contributed by atoms with Gasteiger partial charge in [-0.25, -0.2) is 0 Å². The molecule has 0 heterocycles. The van der Waals surface area contributed by atoms with Crippen LogP contribution in [0.4, 0.5) is 5.69 Å². The second kappa shape index (κ2) is 8.06. The molecule has 0 aliphatic rings. The number of aryl methyl sites for hydroxylation is 2. The number of carbonyl (C=O) groups excluding carboxylic acids is 3. The molecule has 0 saturated carbocycles. The fraction of sp³-hybridized carbons (Fsp3) is 0.211. The van der Waals surface area contributed by atoms with E-state index < -0.39 is 11.7 Å². The van der Waals surface area contributed by atoms with E-state index in [-0.39, 0.29) is 12.5 Å². The number of hydrogen-bond donors (Lipinski definition) is 2. The first-order valence-corrected chi connectivity index (χ1v) is 7.78. The number of rotatable bonds is 6. The molecule has 0 aliphatic carbocycles. The monoisotopic (exact) mass is 324 g/mol. The van der Waals surface area contributed by atoms with Crippen molar-refractivity contribution in [2.45, 2.75) is 20.3 Å². The van der Waals surface area contributed by atoms with Crippen LogP contribution < -0.4 is 10.6 Å². The van der Waals surface area contributed by atoms with E-state index in [2.05, 4.69) is 10.6 Å². The van der Waals surface area contributed by atoms with E-state index >= 15 is 0 Å². The zero-order valence-electron chi connectivity index (χ0n) is 13.8. The van der Waals surface area contributed by atoms with Crippen molar-refractivity contribution in [3.05, 3.63) is 65.2 Å². The van der Waals surface area contributed by atoms with Gasteiger partial charge in [-0.1, -0.05) is 55.0 Å². The van der Waals surface area contributed by atoms with Crippen molar-refractivity contribution in [1.29, 1.82) is 0 Å². The smallest absolute Gasteiger partial charge is 0.292 e. The molecule has 5 heteroatoms. The first-order chi connectivity index (χ1) is 11.5. The molecular formula is C19H20N2O3. The number of carbonyl (C=O) groups is 3. The summed E-state index contributed by atoms with van der Waals surface area (Å²) < 4.78 is 0. The first kappa shape index (κ1) is 17.4. The molecule has 2 N–H and O–H groups in total. The predicted molar refractivity (Wildman–Crippen MR) is 93.0 cm³/mol. The maximum Gasteiger partial charge on any atom is 0.292 e. The lowest BCUT2D eigenvalue weighted by Crippen LogP contribution is -2.37. The molecule has 0 fully saturated rings. The van der Waals surface area contributed by atoms with Gasteiger partial charge in [-0.15, -0.1) is 0 Å². The average Bonchev–Trinajstić information content (AvgIpc) is 2.60. The van der Waals surface area contributed by atoms with E-state index in [0.29, 0.717) is 11.3 Å². The summed E-state index contributed by atoms with van der Waals surface area (Å²) in [6, 6.07) is 14.2. The van der Waals surface area contributed by atoms with Crippen LogP contribution in [0.2, 0.25) is 0 Å². The van der Waals surface area contributed by atoms with Crippen molar-refractivity contribution in [3.8, 4) is 0 Å². The van der Waals surface area contributed by atoms with Gasteiger partial charge in [-0.2, -0.15) is 0 Å². The molecule has 2 rings (SSSR count). The number of Topliss-reactive ketones (excluding diaryl/α,β-unsaturated/α-hetero) is 1. The number of hydrogen-bond acceptors (Lipinski definition) is 3. The molecule has 0 spiro atoms. The first-order valence-electron chi connectivity index (χ1n) is 7.78. The SMILES string of the molecule is CCc1ccccc1NC(=O)CNC(=O)C(=O)c1ccc(C)cc1. The van der Waals surface area contributed by atoms with E-state index in [0.717, 1.165) is 17.5 Å². The lowest BCUT2D eigenvalue weighted by Gasteiger charge is -2.10. The van der Waals surface area contributed by atoms with E-state index in [1.165, 1.54) is 0 Å². The molecule has 5 nitrogen and oxygen atoms in total. The van der Waals surface area contributed by atoms with Crippen LogP contribution in [0.15, 0.2) is 48.5 Å². The third kappa shape index (κ3) is 4.52. The van der Waals surface area contributed by atoms with Crippen molar-refractivity contribution in [2.24, 2.45) is 0 Å². The number of anilines is 1. The van der Waals surface area contributed by atoms with Crippen molar-refractivity contribution in [1.82, 2.24) is 5.32 Å². The highest BCUT2D eigenvalue weighted by atomic mass is 16.2. The van der Waals surface area contributed by atoms with E-state index in [1.807, 2.05) is 32.0 Å². The summed E-state index contributed by atoms with van der Waals surface area (Å²) in [6.45, 7) is 3.63. The molecule has 2 amide bonds. The van der Waals surface area contributed by atoms with Gasteiger partial charge in [0.2, 0.25) is 11.7 Å². The van der Waals surface area contributed by atoms with Gasteiger partial charge in [0.25, 0.3) is 5.91 Å². The van der Waals surface area contributed by atoms with Gasteiger partial charge in [0.05, 0.1) is 6.54 Å². The molecule has 2 aromatic rings. The third-order valence-corrected chi connectivity index (χ3v) is 3.60. The Balaban J connectivity index is 1.90. The highest BCUT2D eigenvalue weighted by Crippen LogP contribution is 2.14. The van der Waals surface area contributed by atoms with E-state index in [9.17, 15) is 14.4 Å². The van der Waals surface area contributed by atoms with Crippen LogP contribution in [-0.4, -0.2) is 24.1 Å². The van der Waals surface area contributed by atoms with Crippen LogP contribution in [0.1, 0.15) is 28.4 Å². The van der Waals surface area contributed by atoms with Crippen LogP contribution in [0.25, 0.3) is 0 Å². The second-order valence-electron chi connectivity index (χ2n) is 5.44. The summed E-state index contributed by atoms with van der Waals surface area (Å²) in [5.41, 5.74) is 3.02. The summed E-state index contributed by atoms with van der Waals surface area (Å²) in [5, 5.41) is 5.09. The fourth-order valence-electron chi connectivity index (χ4n) is 2.22. The Kier molecular flexibility index (Phi) is 5.84.